The van der Waals surface area contributed by atoms with Crippen LogP contribution in [0, 0.1) is 5.92 Å². The number of piperidine rings is 2. The van der Waals surface area contributed by atoms with Gasteiger partial charge in [-0.25, -0.2) is 9.97 Å². The highest BCUT2D eigenvalue weighted by molar-refractivity contribution is 5.92. The van der Waals surface area contributed by atoms with Crippen molar-refractivity contribution >= 4 is 22.6 Å². The number of hydrogen-bond donors (Lipinski definition) is 0. The maximum absolute atomic E-state index is 12.9. The van der Waals surface area contributed by atoms with Gasteiger partial charge in [0, 0.05) is 43.5 Å². The van der Waals surface area contributed by atoms with Gasteiger partial charge < -0.3 is 19.3 Å². The minimum atomic E-state index is 0.170. The topological polar surface area (TPSA) is 71.0 Å². The molecule has 4 heterocycles. The van der Waals surface area contributed by atoms with Crippen LogP contribution in [0.15, 0.2) is 12.1 Å². The number of likely N-dealkylation sites (tertiary alicyclic amines) is 2. The number of carbonyl (C=O) groups excluding carboxylic acids is 1. The Morgan fingerprint density at radius 1 is 0.882 bits per heavy atom. The fourth-order valence-corrected chi connectivity index (χ4v) is 5.64. The van der Waals surface area contributed by atoms with Gasteiger partial charge in [0.25, 0.3) is 0 Å². The second-order valence-corrected chi connectivity index (χ2v) is 9.82. The Balaban J connectivity index is 1.33. The van der Waals surface area contributed by atoms with Gasteiger partial charge in [0.1, 0.15) is 11.6 Å². The summed E-state index contributed by atoms with van der Waals surface area (Å²) < 4.78 is 11.1. The van der Waals surface area contributed by atoms with Crippen molar-refractivity contribution in [2.24, 2.45) is 5.92 Å². The first-order valence-corrected chi connectivity index (χ1v) is 12.8. The zero-order chi connectivity index (χ0) is 23.5. The van der Waals surface area contributed by atoms with Gasteiger partial charge in [-0.2, -0.15) is 0 Å². The predicted octanol–water partition coefficient (Wildman–Crippen LogP) is 3.47. The summed E-state index contributed by atoms with van der Waals surface area (Å²) in [4.78, 5) is 29.7. The maximum Gasteiger partial charge on any atom is 0.225 e. The van der Waals surface area contributed by atoms with Gasteiger partial charge in [0.2, 0.25) is 5.91 Å². The highest BCUT2D eigenvalue weighted by Crippen LogP contribution is 2.36. The van der Waals surface area contributed by atoms with Crippen molar-refractivity contribution in [3.8, 4) is 11.5 Å². The average Bonchev–Trinajstić information content (AvgIpc) is 3.43. The van der Waals surface area contributed by atoms with Gasteiger partial charge in [0.05, 0.1) is 26.3 Å². The zero-order valence-electron chi connectivity index (χ0n) is 20.6. The summed E-state index contributed by atoms with van der Waals surface area (Å²) in [6.45, 7) is 6.45. The molecule has 0 atom stereocenters. The summed E-state index contributed by atoms with van der Waals surface area (Å²) in [5.74, 6) is 3.76. The largest absolute Gasteiger partial charge is 0.493 e. The van der Waals surface area contributed by atoms with Crippen molar-refractivity contribution in [2.75, 3.05) is 58.4 Å². The third-order valence-corrected chi connectivity index (χ3v) is 7.60. The number of benzene rings is 1. The Hall–Kier alpha value is -2.61. The Morgan fingerprint density at radius 2 is 1.53 bits per heavy atom. The maximum atomic E-state index is 12.9. The van der Waals surface area contributed by atoms with Gasteiger partial charge in [-0.3, -0.25) is 9.69 Å². The van der Waals surface area contributed by atoms with Crippen molar-refractivity contribution in [1.29, 1.82) is 0 Å². The van der Waals surface area contributed by atoms with Gasteiger partial charge in [0.15, 0.2) is 11.5 Å². The van der Waals surface area contributed by atoms with Crippen LogP contribution in [0.3, 0.4) is 0 Å². The smallest absolute Gasteiger partial charge is 0.225 e. The van der Waals surface area contributed by atoms with Crippen LogP contribution in [0.25, 0.3) is 10.9 Å². The average molecular weight is 468 g/mol. The molecule has 5 rings (SSSR count). The van der Waals surface area contributed by atoms with E-state index in [1.165, 1.54) is 19.3 Å². The van der Waals surface area contributed by atoms with Crippen LogP contribution in [0.1, 0.15) is 50.8 Å². The monoisotopic (exact) mass is 467 g/mol. The lowest BCUT2D eigenvalue weighted by molar-refractivity contribution is -0.138. The van der Waals surface area contributed by atoms with E-state index in [1.807, 2.05) is 12.1 Å². The van der Waals surface area contributed by atoms with Gasteiger partial charge in [-0.1, -0.05) is 0 Å². The third kappa shape index (κ3) is 4.78. The Labute approximate surface area is 202 Å². The summed E-state index contributed by atoms with van der Waals surface area (Å²) in [7, 11) is 3.32. The van der Waals surface area contributed by atoms with Crippen LogP contribution in [0.2, 0.25) is 0 Å². The van der Waals surface area contributed by atoms with E-state index < -0.39 is 0 Å². The number of aromatic nitrogens is 2. The molecule has 34 heavy (non-hydrogen) atoms. The first kappa shape index (κ1) is 23.1. The summed E-state index contributed by atoms with van der Waals surface area (Å²) in [6.07, 6.45) is 7.78. The first-order valence-electron chi connectivity index (χ1n) is 12.8. The fourth-order valence-electron chi connectivity index (χ4n) is 5.64. The number of nitrogens with zero attached hydrogens (tertiary/aromatic N) is 5. The molecule has 1 aromatic heterocycles. The highest BCUT2D eigenvalue weighted by atomic mass is 16.5. The predicted molar refractivity (Wildman–Crippen MR) is 133 cm³/mol. The summed E-state index contributed by atoms with van der Waals surface area (Å²) in [5, 5.41) is 1.01. The highest BCUT2D eigenvalue weighted by Gasteiger charge is 2.30. The number of rotatable bonds is 6. The van der Waals surface area contributed by atoms with Gasteiger partial charge in [-0.05, 0) is 64.1 Å². The van der Waals surface area contributed by atoms with E-state index in [0.29, 0.717) is 24.0 Å². The second-order valence-electron chi connectivity index (χ2n) is 9.82. The van der Waals surface area contributed by atoms with Crippen molar-refractivity contribution in [1.82, 2.24) is 19.8 Å². The fraction of sp³-hybridized carbons (Fsp3) is 0.654. The van der Waals surface area contributed by atoms with E-state index in [-0.39, 0.29) is 5.92 Å². The number of ether oxygens (including phenoxy) is 2. The molecule has 3 saturated heterocycles. The molecule has 8 nitrogen and oxygen atoms in total. The van der Waals surface area contributed by atoms with Crippen LogP contribution in [0.4, 0.5) is 5.82 Å². The van der Waals surface area contributed by atoms with Crippen molar-refractivity contribution in [3.05, 3.63) is 18.0 Å². The second kappa shape index (κ2) is 10.3. The normalized spacial score (nSPS) is 20.2. The number of anilines is 1. The van der Waals surface area contributed by atoms with E-state index >= 15 is 0 Å². The van der Waals surface area contributed by atoms with E-state index in [4.69, 9.17) is 19.4 Å². The number of fused-ring (bicyclic) bond motifs is 1. The lowest BCUT2D eigenvalue weighted by Gasteiger charge is -2.35. The standard InChI is InChI=1S/C26H37N5O3/c1-33-22-16-20-21(17-23(22)34-2)27-24(28-25(20)30-10-6-7-11-30)18-29-14-8-19(9-15-29)26(32)31-12-4-3-5-13-31/h16-17,19H,3-15,18H2,1-2H3. The summed E-state index contributed by atoms with van der Waals surface area (Å²) in [6, 6.07) is 3.96. The van der Waals surface area contributed by atoms with Crippen molar-refractivity contribution in [3.63, 3.8) is 0 Å². The molecule has 0 N–H and O–H groups in total. The lowest BCUT2D eigenvalue weighted by Crippen LogP contribution is -2.44. The summed E-state index contributed by atoms with van der Waals surface area (Å²) >= 11 is 0. The lowest BCUT2D eigenvalue weighted by atomic mass is 9.94. The van der Waals surface area contributed by atoms with Crippen LogP contribution < -0.4 is 14.4 Å². The molecule has 1 aromatic carbocycles. The van der Waals surface area contributed by atoms with E-state index in [9.17, 15) is 4.79 Å². The molecule has 3 aliphatic heterocycles. The van der Waals surface area contributed by atoms with E-state index in [2.05, 4.69) is 14.7 Å². The van der Waals surface area contributed by atoms with Gasteiger partial charge in [-0.15, -0.1) is 0 Å². The molecule has 0 spiro atoms. The SMILES string of the molecule is COc1cc2nc(CN3CCC(C(=O)N4CCCCC4)CC3)nc(N3CCCC3)c2cc1OC. The minimum absolute atomic E-state index is 0.170. The molecule has 0 radical (unpaired) electrons. The number of hydrogen-bond acceptors (Lipinski definition) is 7. The number of methoxy groups -OCH3 is 2. The Bertz CT molecular complexity index is 1010. The third-order valence-electron chi connectivity index (χ3n) is 7.60. The van der Waals surface area contributed by atoms with Crippen LogP contribution in [-0.2, 0) is 11.3 Å². The summed E-state index contributed by atoms with van der Waals surface area (Å²) in [5.41, 5.74) is 0.889. The number of carbonyl (C=O) groups is 1. The molecule has 184 valence electrons. The van der Waals surface area contributed by atoms with Crippen LogP contribution >= 0.6 is 0 Å². The molecule has 0 aliphatic carbocycles. The van der Waals surface area contributed by atoms with E-state index in [0.717, 1.165) is 87.5 Å². The molecule has 2 aromatic rings. The quantitative estimate of drug-likeness (QED) is 0.644. The molecule has 0 saturated carbocycles. The van der Waals surface area contributed by atoms with Crippen molar-refractivity contribution < 1.29 is 14.3 Å². The van der Waals surface area contributed by atoms with Crippen LogP contribution in [0.5, 0.6) is 11.5 Å². The van der Waals surface area contributed by atoms with E-state index in [1.54, 1.807) is 14.2 Å². The molecule has 8 heteroatoms. The number of amides is 1. The molecule has 0 unspecified atom stereocenters. The van der Waals surface area contributed by atoms with Crippen LogP contribution in [-0.4, -0.2) is 79.2 Å². The van der Waals surface area contributed by atoms with Crippen molar-refractivity contribution in [2.45, 2.75) is 51.5 Å². The molecule has 3 fully saturated rings. The molecule has 3 aliphatic rings. The first-order chi connectivity index (χ1) is 16.7. The molecular formula is C26H37N5O3. The van der Waals surface area contributed by atoms with Gasteiger partial charge >= 0.3 is 0 Å². The zero-order valence-corrected chi connectivity index (χ0v) is 20.6. The Kier molecular flexibility index (Phi) is 7.04. The minimum Gasteiger partial charge on any atom is -0.493 e. The Morgan fingerprint density at radius 3 is 2.21 bits per heavy atom. The molecule has 0 bridgehead atoms. The molecule has 1 amide bonds. The molecular weight excluding hydrogens is 430 g/mol.